The highest BCUT2D eigenvalue weighted by Gasteiger charge is 2.20. The Labute approximate surface area is 145 Å². The maximum absolute atomic E-state index is 4.26. The number of nitrogens with zero attached hydrogens (tertiary/aromatic N) is 2. The Morgan fingerprint density at radius 2 is 1.95 bits per heavy atom. The normalized spacial score (nSPS) is 14.8. The topological polar surface area (TPSA) is 39.7 Å². The van der Waals surface area contributed by atoms with E-state index in [0.717, 1.165) is 31.5 Å². The zero-order chi connectivity index (χ0) is 14.4. The van der Waals surface area contributed by atoms with E-state index in [1.54, 1.807) is 0 Å². The fourth-order valence-corrected chi connectivity index (χ4v) is 2.17. The molecule has 1 aliphatic rings. The van der Waals surface area contributed by atoms with Crippen LogP contribution in [0.3, 0.4) is 0 Å². The molecule has 0 saturated heterocycles. The quantitative estimate of drug-likeness (QED) is 0.436. The molecule has 0 heterocycles. The third-order valence-corrected chi connectivity index (χ3v) is 3.43. The van der Waals surface area contributed by atoms with Gasteiger partial charge in [0.05, 0.1) is 0 Å². The van der Waals surface area contributed by atoms with Crippen molar-refractivity contribution >= 4 is 29.9 Å². The highest BCUT2D eigenvalue weighted by Crippen LogP contribution is 2.27. The lowest BCUT2D eigenvalue weighted by Crippen LogP contribution is -2.37. The van der Waals surface area contributed by atoms with Gasteiger partial charge < -0.3 is 15.5 Å². The number of guanidine groups is 1. The molecular weight excluding hydrogens is 375 g/mol. The molecule has 0 bridgehead atoms. The predicted octanol–water partition coefficient (Wildman–Crippen LogP) is 2.44. The fourth-order valence-electron chi connectivity index (χ4n) is 2.17. The van der Waals surface area contributed by atoms with Crippen molar-refractivity contribution in [2.75, 3.05) is 27.7 Å². The summed E-state index contributed by atoms with van der Waals surface area (Å²) >= 11 is 0. The first-order chi connectivity index (χ1) is 9.67. The molecular formula is C16H27IN4. The highest BCUT2D eigenvalue weighted by molar-refractivity contribution is 14.0. The van der Waals surface area contributed by atoms with Gasteiger partial charge in [0.25, 0.3) is 0 Å². The number of halogens is 1. The Balaban J connectivity index is 0.00000220. The van der Waals surface area contributed by atoms with Gasteiger partial charge in [-0.25, -0.2) is 0 Å². The summed E-state index contributed by atoms with van der Waals surface area (Å²) in [5.74, 6) is 1.76. The Hall–Kier alpha value is -0.820. The van der Waals surface area contributed by atoms with Gasteiger partial charge in [0.15, 0.2) is 5.96 Å². The smallest absolute Gasteiger partial charge is 0.191 e. The highest BCUT2D eigenvalue weighted by atomic mass is 127. The van der Waals surface area contributed by atoms with Gasteiger partial charge in [0, 0.05) is 26.7 Å². The summed E-state index contributed by atoms with van der Waals surface area (Å²) in [5.41, 5.74) is 2.63. The Kier molecular flexibility index (Phi) is 8.03. The van der Waals surface area contributed by atoms with E-state index in [2.05, 4.69) is 58.9 Å². The van der Waals surface area contributed by atoms with Crippen molar-refractivity contribution in [2.24, 2.45) is 10.9 Å². The lowest BCUT2D eigenvalue weighted by atomic mass is 10.1. The summed E-state index contributed by atoms with van der Waals surface area (Å²) in [4.78, 5) is 6.44. The molecule has 2 rings (SSSR count). The number of aliphatic imine (C=N–C) groups is 1. The molecule has 0 atom stereocenters. The number of benzene rings is 1. The summed E-state index contributed by atoms with van der Waals surface area (Å²) in [6, 6.07) is 8.70. The van der Waals surface area contributed by atoms with Gasteiger partial charge in [-0.3, -0.25) is 4.99 Å². The van der Waals surface area contributed by atoms with Crippen LogP contribution >= 0.6 is 24.0 Å². The third kappa shape index (κ3) is 7.13. The maximum atomic E-state index is 4.26. The van der Waals surface area contributed by atoms with Crippen LogP contribution in [0, 0.1) is 5.92 Å². The lowest BCUT2D eigenvalue weighted by Gasteiger charge is -2.13. The molecule has 1 fully saturated rings. The van der Waals surface area contributed by atoms with Crippen molar-refractivity contribution in [1.29, 1.82) is 0 Å². The summed E-state index contributed by atoms with van der Waals surface area (Å²) < 4.78 is 0. The first kappa shape index (κ1) is 18.2. The van der Waals surface area contributed by atoms with Crippen LogP contribution in [0.4, 0.5) is 0 Å². The molecule has 4 nitrogen and oxygen atoms in total. The third-order valence-electron chi connectivity index (χ3n) is 3.43. The van der Waals surface area contributed by atoms with Crippen LogP contribution in [-0.2, 0) is 13.1 Å². The molecule has 1 aliphatic carbocycles. The van der Waals surface area contributed by atoms with E-state index < -0.39 is 0 Å². The molecule has 1 aromatic carbocycles. The van der Waals surface area contributed by atoms with Crippen LogP contribution in [0.25, 0.3) is 0 Å². The first-order valence-electron chi connectivity index (χ1n) is 7.34. The van der Waals surface area contributed by atoms with Gasteiger partial charge in [0.1, 0.15) is 0 Å². The van der Waals surface area contributed by atoms with E-state index in [9.17, 15) is 0 Å². The van der Waals surface area contributed by atoms with Crippen molar-refractivity contribution in [2.45, 2.75) is 25.9 Å². The molecule has 0 radical (unpaired) electrons. The van der Waals surface area contributed by atoms with Crippen molar-refractivity contribution in [3.63, 3.8) is 0 Å². The van der Waals surface area contributed by atoms with Crippen LogP contribution in [0.5, 0.6) is 0 Å². The molecule has 21 heavy (non-hydrogen) atoms. The summed E-state index contributed by atoms with van der Waals surface area (Å²) in [5, 5.41) is 6.75. The van der Waals surface area contributed by atoms with Crippen LogP contribution in [0.2, 0.25) is 0 Å². The van der Waals surface area contributed by atoms with Crippen molar-refractivity contribution in [3.8, 4) is 0 Å². The number of hydrogen-bond acceptors (Lipinski definition) is 2. The Morgan fingerprint density at radius 1 is 1.24 bits per heavy atom. The second-order valence-electron chi connectivity index (χ2n) is 5.81. The molecule has 0 aromatic heterocycles. The summed E-state index contributed by atoms with van der Waals surface area (Å²) in [6.07, 6.45) is 2.72. The van der Waals surface area contributed by atoms with E-state index in [1.807, 2.05) is 7.05 Å². The molecule has 1 aromatic rings. The Bertz CT molecular complexity index is 455. The van der Waals surface area contributed by atoms with Crippen molar-refractivity contribution in [3.05, 3.63) is 35.4 Å². The van der Waals surface area contributed by atoms with Gasteiger partial charge in [-0.15, -0.1) is 24.0 Å². The van der Waals surface area contributed by atoms with Gasteiger partial charge in [-0.05, 0) is 44.0 Å². The van der Waals surface area contributed by atoms with E-state index in [-0.39, 0.29) is 24.0 Å². The van der Waals surface area contributed by atoms with E-state index in [0.29, 0.717) is 0 Å². The van der Waals surface area contributed by atoms with Gasteiger partial charge in [-0.1, -0.05) is 24.3 Å². The van der Waals surface area contributed by atoms with Crippen molar-refractivity contribution in [1.82, 2.24) is 15.5 Å². The van der Waals surface area contributed by atoms with E-state index in [4.69, 9.17) is 0 Å². The molecule has 0 aliphatic heterocycles. The van der Waals surface area contributed by atoms with E-state index >= 15 is 0 Å². The fraction of sp³-hybridized carbons (Fsp3) is 0.562. The van der Waals surface area contributed by atoms with Gasteiger partial charge in [0.2, 0.25) is 0 Å². The summed E-state index contributed by atoms with van der Waals surface area (Å²) in [7, 11) is 6.01. The number of rotatable bonds is 6. The predicted molar refractivity (Wildman–Crippen MR) is 100 cm³/mol. The van der Waals surface area contributed by atoms with Crippen LogP contribution in [0.15, 0.2) is 29.3 Å². The minimum Gasteiger partial charge on any atom is -0.356 e. The largest absolute Gasteiger partial charge is 0.356 e. The van der Waals surface area contributed by atoms with Gasteiger partial charge >= 0.3 is 0 Å². The van der Waals surface area contributed by atoms with E-state index in [1.165, 1.54) is 24.0 Å². The zero-order valence-electron chi connectivity index (χ0n) is 13.2. The van der Waals surface area contributed by atoms with Gasteiger partial charge in [-0.2, -0.15) is 0 Å². The maximum Gasteiger partial charge on any atom is 0.191 e. The average molecular weight is 402 g/mol. The minimum absolute atomic E-state index is 0. The minimum atomic E-state index is 0. The number of hydrogen-bond donors (Lipinski definition) is 2. The molecule has 0 spiro atoms. The van der Waals surface area contributed by atoms with Crippen LogP contribution in [-0.4, -0.2) is 38.5 Å². The molecule has 2 N–H and O–H groups in total. The molecule has 0 amide bonds. The molecule has 0 unspecified atom stereocenters. The summed E-state index contributed by atoms with van der Waals surface area (Å²) in [6.45, 7) is 2.83. The second-order valence-corrected chi connectivity index (χ2v) is 5.81. The second kappa shape index (κ2) is 9.25. The van der Waals surface area contributed by atoms with Crippen LogP contribution in [0.1, 0.15) is 24.0 Å². The first-order valence-corrected chi connectivity index (χ1v) is 7.34. The van der Waals surface area contributed by atoms with Crippen molar-refractivity contribution < 1.29 is 0 Å². The lowest BCUT2D eigenvalue weighted by molar-refractivity contribution is 0.402. The number of nitrogens with one attached hydrogen (secondary N) is 2. The zero-order valence-corrected chi connectivity index (χ0v) is 15.6. The van der Waals surface area contributed by atoms with Crippen LogP contribution < -0.4 is 10.6 Å². The Morgan fingerprint density at radius 3 is 2.57 bits per heavy atom. The monoisotopic (exact) mass is 402 g/mol. The standard InChI is InChI=1S/C16H26N4.HI/c1-17-16(18-10-13-7-8-13)19-11-14-5-4-6-15(9-14)12-20(2)3;/h4-6,9,13H,7-8,10-12H2,1-3H3,(H2,17,18,19);1H. The average Bonchev–Trinajstić information content (AvgIpc) is 3.23. The SMILES string of the molecule is CN=C(NCc1cccc(CN(C)C)c1)NCC1CC1.I. The molecule has 1 saturated carbocycles. The molecule has 5 heteroatoms. The molecule has 118 valence electrons.